The van der Waals surface area contributed by atoms with Crippen LogP contribution in [0.25, 0.3) is 10.2 Å². The van der Waals surface area contributed by atoms with Crippen molar-refractivity contribution in [1.82, 2.24) is 4.98 Å². The van der Waals surface area contributed by atoms with Gasteiger partial charge in [-0.25, -0.2) is 4.98 Å². The van der Waals surface area contributed by atoms with E-state index in [1.807, 2.05) is 32.0 Å². The molecule has 0 radical (unpaired) electrons. The molecule has 0 N–H and O–H groups in total. The Labute approximate surface area is 156 Å². The van der Waals surface area contributed by atoms with E-state index in [9.17, 15) is 9.59 Å². The van der Waals surface area contributed by atoms with Crippen LogP contribution < -0.4 is 9.64 Å². The first-order chi connectivity index (χ1) is 12.3. The highest BCUT2D eigenvalue weighted by Gasteiger charge is 2.68. The van der Waals surface area contributed by atoms with E-state index in [2.05, 4.69) is 4.98 Å². The summed E-state index contributed by atoms with van der Waals surface area (Å²) in [7, 11) is 3.34. The van der Waals surface area contributed by atoms with Crippen LogP contribution in [0.5, 0.6) is 5.75 Å². The van der Waals surface area contributed by atoms with Crippen LogP contribution in [0.1, 0.15) is 26.7 Å². The minimum atomic E-state index is -0.887. The zero-order valence-corrected chi connectivity index (χ0v) is 16.1. The van der Waals surface area contributed by atoms with Crippen LogP contribution in [0.4, 0.5) is 5.13 Å². The van der Waals surface area contributed by atoms with E-state index >= 15 is 0 Å². The molecular formula is C19H22N2O4S. The summed E-state index contributed by atoms with van der Waals surface area (Å²) in [5.74, 6) is 0.633. The second kappa shape index (κ2) is 5.76. The van der Waals surface area contributed by atoms with Crippen molar-refractivity contribution in [2.45, 2.75) is 38.9 Å². The second-order valence-corrected chi connectivity index (χ2v) is 8.50. The molecule has 6 nitrogen and oxygen atoms in total. The van der Waals surface area contributed by atoms with Crippen molar-refractivity contribution in [2.24, 2.45) is 10.8 Å². The number of aromatic nitrogens is 1. The fourth-order valence-electron chi connectivity index (χ4n) is 4.35. The molecule has 2 fully saturated rings. The summed E-state index contributed by atoms with van der Waals surface area (Å²) < 4.78 is 12.2. The van der Waals surface area contributed by atoms with E-state index < -0.39 is 10.8 Å². The number of carbonyl (C=O) groups excluding carboxylic acids is 2. The van der Waals surface area contributed by atoms with Gasteiger partial charge < -0.3 is 14.3 Å². The fourth-order valence-corrected chi connectivity index (χ4v) is 5.30. The number of fused-ring (bicyclic) bond motifs is 3. The minimum absolute atomic E-state index is 0.120. The summed E-state index contributed by atoms with van der Waals surface area (Å²) in [5.41, 5.74) is -0.888. The van der Waals surface area contributed by atoms with Gasteiger partial charge in [0, 0.05) is 7.05 Å². The van der Waals surface area contributed by atoms with E-state index in [-0.39, 0.29) is 18.1 Å². The molecule has 1 aromatic carbocycles. The van der Waals surface area contributed by atoms with Gasteiger partial charge in [-0.3, -0.25) is 9.69 Å². The molecular weight excluding hydrogens is 352 g/mol. The number of aldehydes is 1. The van der Waals surface area contributed by atoms with Crippen molar-refractivity contribution in [3.63, 3.8) is 0 Å². The van der Waals surface area contributed by atoms with E-state index in [4.69, 9.17) is 9.47 Å². The van der Waals surface area contributed by atoms with Crippen LogP contribution in [0, 0.1) is 10.8 Å². The lowest BCUT2D eigenvalue weighted by atomic mass is 9.58. The number of nitrogens with zero attached hydrogens (tertiary/aromatic N) is 2. The average Bonchev–Trinajstić information content (AvgIpc) is 3.35. The average molecular weight is 374 g/mol. The number of thiazole rings is 1. The molecule has 2 aromatic rings. The van der Waals surface area contributed by atoms with Crippen molar-refractivity contribution in [3.05, 3.63) is 18.2 Å². The molecule has 2 bridgehead atoms. The van der Waals surface area contributed by atoms with Crippen molar-refractivity contribution >= 4 is 38.9 Å². The Morgan fingerprint density at radius 2 is 2.12 bits per heavy atom. The summed E-state index contributed by atoms with van der Waals surface area (Å²) >= 11 is 1.43. The first kappa shape index (κ1) is 17.4. The van der Waals surface area contributed by atoms with Gasteiger partial charge in [0.15, 0.2) is 5.13 Å². The predicted octanol–water partition coefficient (Wildman–Crippen LogP) is 3.04. The van der Waals surface area contributed by atoms with E-state index in [1.54, 1.807) is 19.1 Å². The molecule has 0 aliphatic carbocycles. The third-order valence-electron chi connectivity index (χ3n) is 6.32. The molecule has 4 atom stereocenters. The lowest BCUT2D eigenvalue weighted by molar-refractivity contribution is -0.141. The van der Waals surface area contributed by atoms with Gasteiger partial charge in [-0.05, 0) is 44.9 Å². The van der Waals surface area contributed by atoms with Crippen molar-refractivity contribution in [2.75, 3.05) is 19.1 Å². The van der Waals surface area contributed by atoms with Crippen molar-refractivity contribution < 1.29 is 19.1 Å². The molecule has 0 saturated carbocycles. The molecule has 1 aromatic heterocycles. The van der Waals surface area contributed by atoms with Crippen LogP contribution >= 0.6 is 11.3 Å². The monoisotopic (exact) mass is 374 g/mol. The van der Waals surface area contributed by atoms with Gasteiger partial charge in [0.25, 0.3) is 0 Å². The number of carbonyl (C=O) groups is 2. The molecule has 0 spiro atoms. The molecule has 4 rings (SSSR count). The van der Waals surface area contributed by atoms with Crippen LogP contribution in [0.3, 0.4) is 0 Å². The lowest BCUT2D eigenvalue weighted by Crippen LogP contribution is -2.56. The van der Waals surface area contributed by atoms with Crippen LogP contribution in [0.2, 0.25) is 0 Å². The third-order valence-corrected chi connectivity index (χ3v) is 7.41. The summed E-state index contributed by atoms with van der Waals surface area (Å²) in [6, 6.07) is 5.64. The molecule has 3 heterocycles. The van der Waals surface area contributed by atoms with E-state index in [1.165, 1.54) is 11.3 Å². The quantitative estimate of drug-likeness (QED) is 0.770. The molecule has 2 aliphatic heterocycles. The first-order valence-electron chi connectivity index (χ1n) is 8.69. The van der Waals surface area contributed by atoms with E-state index in [0.29, 0.717) is 5.13 Å². The molecule has 26 heavy (non-hydrogen) atoms. The normalized spacial score (nSPS) is 32.8. The minimum Gasteiger partial charge on any atom is -0.497 e. The topological polar surface area (TPSA) is 68.7 Å². The fraction of sp³-hybridized carbons (Fsp3) is 0.526. The largest absolute Gasteiger partial charge is 0.497 e. The highest BCUT2D eigenvalue weighted by Crippen LogP contribution is 2.59. The first-order valence-corrected chi connectivity index (χ1v) is 9.51. The number of rotatable bonds is 4. The molecule has 1 amide bonds. The van der Waals surface area contributed by atoms with Crippen LogP contribution in [-0.4, -0.2) is 43.5 Å². The van der Waals surface area contributed by atoms with Crippen LogP contribution in [0.15, 0.2) is 18.2 Å². The maximum absolute atomic E-state index is 13.5. The lowest BCUT2D eigenvalue weighted by Gasteiger charge is -2.43. The van der Waals surface area contributed by atoms with Gasteiger partial charge in [0.1, 0.15) is 12.0 Å². The Hall–Kier alpha value is -1.99. The Morgan fingerprint density at radius 3 is 2.81 bits per heavy atom. The zero-order valence-electron chi connectivity index (χ0n) is 15.3. The number of amides is 1. The smallest absolute Gasteiger partial charge is 0.238 e. The zero-order chi connectivity index (χ0) is 18.7. The Bertz CT molecular complexity index is 897. The number of methoxy groups -OCH3 is 1. The second-order valence-electron chi connectivity index (χ2n) is 7.49. The number of hydrogen-bond donors (Lipinski definition) is 0. The van der Waals surface area contributed by atoms with Gasteiger partial charge in [0.2, 0.25) is 5.91 Å². The number of anilines is 1. The molecule has 138 valence electrons. The Kier molecular flexibility index (Phi) is 3.86. The molecule has 2 aliphatic rings. The predicted molar refractivity (Wildman–Crippen MR) is 99.8 cm³/mol. The van der Waals surface area contributed by atoms with Crippen molar-refractivity contribution in [1.29, 1.82) is 0 Å². The third kappa shape index (κ3) is 2.10. The summed E-state index contributed by atoms with van der Waals surface area (Å²) in [4.78, 5) is 31.6. The molecule has 2 saturated heterocycles. The summed E-state index contributed by atoms with van der Waals surface area (Å²) in [6.07, 6.45) is 2.12. The maximum atomic E-state index is 13.5. The number of hydrogen-bond acceptors (Lipinski definition) is 6. The number of ether oxygens (including phenoxy) is 2. The maximum Gasteiger partial charge on any atom is 0.238 e. The molecule has 2 unspecified atom stereocenters. The van der Waals surface area contributed by atoms with Gasteiger partial charge in [0.05, 0.1) is 40.4 Å². The van der Waals surface area contributed by atoms with Crippen molar-refractivity contribution in [3.8, 4) is 5.75 Å². The summed E-state index contributed by atoms with van der Waals surface area (Å²) in [6.45, 7) is 3.71. The standard InChI is InChI=1S/C19H22N2O4S/c1-18(10-22)14-7-8-15(25-14)19(18,2)16(23)21(3)17-20-12-6-5-11(24-4)9-13(12)26-17/h5-6,9-10,14-15H,7-8H2,1-4H3/t14?,15?,18-,19-/m0/s1. The SMILES string of the molecule is COc1ccc2nc(N(C)C(=O)[C@]3(C)C4CCC(O4)[C@]3(C)C=O)sc2c1. The highest BCUT2D eigenvalue weighted by atomic mass is 32.1. The highest BCUT2D eigenvalue weighted by molar-refractivity contribution is 7.22. The van der Waals surface area contributed by atoms with Crippen LogP contribution in [-0.2, 0) is 14.3 Å². The van der Waals surface area contributed by atoms with E-state index in [0.717, 1.165) is 35.1 Å². The van der Waals surface area contributed by atoms with Gasteiger partial charge >= 0.3 is 0 Å². The van der Waals surface area contributed by atoms with Gasteiger partial charge in [-0.1, -0.05) is 11.3 Å². The van der Waals surface area contributed by atoms with Gasteiger partial charge in [-0.15, -0.1) is 0 Å². The van der Waals surface area contributed by atoms with Gasteiger partial charge in [-0.2, -0.15) is 0 Å². The Balaban J connectivity index is 1.71. The molecule has 7 heteroatoms. The summed E-state index contributed by atoms with van der Waals surface area (Å²) in [5, 5.41) is 0.607. The number of benzene rings is 1. The Morgan fingerprint density at radius 1 is 1.38 bits per heavy atom.